The molecule has 0 aromatic heterocycles. The number of anilines is 4. The number of ketones is 1. The van der Waals surface area contributed by atoms with E-state index in [1.165, 1.54) is 22.7 Å². The normalized spacial score (nSPS) is 11.0. The molecule has 0 aliphatic rings. The van der Waals surface area contributed by atoms with Gasteiger partial charge in [0.05, 0.1) is 0 Å². The third-order valence-corrected chi connectivity index (χ3v) is 12.4. The topological polar surface area (TPSA) is 30.0 Å². The number of hydrogen-bond donors (Lipinski definition) is 0. The molecule has 0 spiro atoms. The predicted molar refractivity (Wildman–Crippen MR) is 290 cm³/mol. The molecule has 352 valence electrons. The molecule has 5 aromatic rings. The van der Waals surface area contributed by atoms with Crippen molar-refractivity contribution in [2.24, 2.45) is 5.92 Å². The van der Waals surface area contributed by atoms with Gasteiger partial charge in [0.1, 0.15) is 0 Å². The second-order valence-electron chi connectivity index (χ2n) is 18.0. The van der Waals surface area contributed by atoms with Crippen molar-refractivity contribution in [1.29, 1.82) is 0 Å². The molecule has 0 saturated carbocycles. The molecule has 0 amide bonds. The van der Waals surface area contributed by atoms with Gasteiger partial charge in [0.25, 0.3) is 0 Å². The van der Waals surface area contributed by atoms with Crippen LogP contribution in [0.2, 0.25) is 0 Å². The Kier molecular flexibility index (Phi) is 21.7. The van der Waals surface area contributed by atoms with Gasteiger partial charge in [-0.3, -0.25) is 4.79 Å². The quantitative estimate of drug-likeness (QED) is 0.0447. The summed E-state index contributed by atoms with van der Waals surface area (Å²) in [5, 5.41) is 0. The van der Waals surface area contributed by atoms with E-state index in [9.17, 15) is 4.79 Å². The van der Waals surface area contributed by atoms with Crippen molar-refractivity contribution in [3.8, 4) is 0 Å². The SMILES string of the molecule is CCCN(CCC)c1ccc(C(=CC(C=C(c2ccc(N(CCC)CCC)cc2)c2ccc(N(CCC)CCC)cc2)CC(=O)c2ccccc2)c2ccc(N(CCC)CCC)cc2)cc1. The highest BCUT2D eigenvalue weighted by Crippen LogP contribution is 2.35. The number of carbonyl (C=O) groups excluding carboxylic acids is 1. The van der Waals surface area contributed by atoms with Gasteiger partial charge in [0.2, 0.25) is 0 Å². The van der Waals surface area contributed by atoms with Gasteiger partial charge < -0.3 is 19.6 Å². The predicted octanol–water partition coefficient (Wildman–Crippen LogP) is 15.6. The lowest BCUT2D eigenvalue weighted by Gasteiger charge is -2.25. The summed E-state index contributed by atoms with van der Waals surface area (Å²) in [5.74, 6) is -0.0829. The fraction of sp³-hybridized carbons (Fsp3) is 0.426. The highest BCUT2D eigenvalue weighted by Gasteiger charge is 2.19. The Balaban J connectivity index is 1.74. The van der Waals surface area contributed by atoms with Crippen molar-refractivity contribution in [1.82, 2.24) is 0 Å². The third-order valence-electron chi connectivity index (χ3n) is 12.4. The Hall–Kier alpha value is -5.55. The van der Waals surface area contributed by atoms with Gasteiger partial charge in [0, 0.05) is 93.0 Å². The van der Waals surface area contributed by atoms with Crippen LogP contribution in [-0.2, 0) is 0 Å². The molecule has 5 aromatic carbocycles. The summed E-state index contributed by atoms with van der Waals surface area (Å²) in [6.45, 7) is 26.3. The van der Waals surface area contributed by atoms with Crippen LogP contribution in [0.5, 0.6) is 0 Å². The molecule has 66 heavy (non-hydrogen) atoms. The summed E-state index contributed by atoms with van der Waals surface area (Å²) >= 11 is 0. The number of carbonyl (C=O) groups is 1. The molecular weight excluding hydrogens is 805 g/mol. The van der Waals surface area contributed by atoms with E-state index in [0.717, 1.165) is 143 Å². The number of nitrogens with zero attached hydrogens (tertiary/aromatic N) is 4. The molecule has 5 nitrogen and oxygen atoms in total. The van der Waals surface area contributed by atoms with Gasteiger partial charge in [0.15, 0.2) is 5.78 Å². The Bertz CT molecular complexity index is 1910. The number of hydrogen-bond acceptors (Lipinski definition) is 5. The Labute approximate surface area is 401 Å². The van der Waals surface area contributed by atoms with E-state index in [0.29, 0.717) is 6.42 Å². The molecule has 0 heterocycles. The minimum Gasteiger partial charge on any atom is -0.372 e. The maximum atomic E-state index is 14.5. The van der Waals surface area contributed by atoms with Crippen molar-refractivity contribution in [2.45, 2.75) is 113 Å². The zero-order chi connectivity index (χ0) is 47.1. The van der Waals surface area contributed by atoms with Crippen LogP contribution < -0.4 is 19.6 Å². The third kappa shape index (κ3) is 14.7. The van der Waals surface area contributed by atoms with Crippen LogP contribution >= 0.6 is 0 Å². The number of allylic oxidation sites excluding steroid dienone is 2. The lowest BCUT2D eigenvalue weighted by molar-refractivity contribution is 0.0975. The largest absolute Gasteiger partial charge is 0.372 e. The first-order valence-corrected chi connectivity index (χ1v) is 25.7. The summed E-state index contributed by atoms with van der Waals surface area (Å²) in [5.41, 5.74) is 12.6. The zero-order valence-electron chi connectivity index (χ0n) is 42.1. The highest BCUT2D eigenvalue weighted by atomic mass is 16.1. The van der Waals surface area contributed by atoms with Crippen molar-refractivity contribution in [3.63, 3.8) is 0 Å². The molecule has 5 rings (SSSR count). The van der Waals surface area contributed by atoms with Crippen molar-refractivity contribution in [2.75, 3.05) is 72.0 Å². The van der Waals surface area contributed by atoms with Crippen molar-refractivity contribution in [3.05, 3.63) is 167 Å². The minimum absolute atomic E-state index is 0.136. The van der Waals surface area contributed by atoms with Crippen LogP contribution in [0, 0.1) is 5.92 Å². The van der Waals surface area contributed by atoms with E-state index in [4.69, 9.17) is 0 Å². The van der Waals surface area contributed by atoms with Crippen LogP contribution in [-0.4, -0.2) is 58.1 Å². The summed E-state index contributed by atoms with van der Waals surface area (Å²) in [6.07, 6.45) is 14.0. The smallest absolute Gasteiger partial charge is 0.163 e. The molecule has 0 radical (unpaired) electrons. The summed E-state index contributed by atoms with van der Waals surface area (Å²) < 4.78 is 0. The summed E-state index contributed by atoms with van der Waals surface area (Å²) in [7, 11) is 0. The standard InChI is InChI=1S/C61H82N4O/c1-9-38-62(39-10-2)55-30-22-50(23-31-55)59(51-24-32-56(33-25-51)63(40-11-3)41-12-4)46-49(48-61(66)54-20-18-17-19-21-54)47-60(52-26-34-57(35-27-52)64(42-13-5)43-14-6)53-28-36-58(37-29-53)65(44-15-7)45-16-8/h17-37,46-47,49H,9-16,38-45,48H2,1-8H3. The van der Waals surface area contributed by atoms with E-state index in [1.807, 2.05) is 30.3 Å². The first-order valence-electron chi connectivity index (χ1n) is 25.7. The monoisotopic (exact) mass is 887 g/mol. The first-order chi connectivity index (χ1) is 32.3. The van der Waals surface area contributed by atoms with Gasteiger partial charge in [-0.15, -0.1) is 0 Å². The Morgan fingerprint density at radius 3 is 0.818 bits per heavy atom. The fourth-order valence-electron chi connectivity index (χ4n) is 9.31. The van der Waals surface area contributed by atoms with Gasteiger partial charge in [-0.25, -0.2) is 0 Å². The van der Waals surface area contributed by atoms with Crippen LogP contribution in [0.25, 0.3) is 11.1 Å². The molecular formula is C61H82N4O. The second-order valence-corrected chi connectivity index (χ2v) is 18.0. The zero-order valence-corrected chi connectivity index (χ0v) is 42.1. The number of rotatable bonds is 29. The first kappa shape index (κ1) is 51.4. The van der Waals surface area contributed by atoms with Gasteiger partial charge >= 0.3 is 0 Å². The number of Topliss-reactive ketones (excluding diaryl/α,β-unsaturated/α-hetero) is 1. The van der Waals surface area contributed by atoms with Gasteiger partial charge in [-0.2, -0.15) is 0 Å². The van der Waals surface area contributed by atoms with Crippen LogP contribution in [0.15, 0.2) is 140 Å². The second kappa shape index (κ2) is 27.8. The van der Waals surface area contributed by atoms with E-state index in [-0.39, 0.29) is 11.7 Å². The molecule has 0 atom stereocenters. The average molecular weight is 887 g/mol. The molecule has 0 N–H and O–H groups in total. The van der Waals surface area contributed by atoms with E-state index in [1.54, 1.807) is 0 Å². The molecule has 0 aliphatic carbocycles. The van der Waals surface area contributed by atoms with Crippen LogP contribution in [0.3, 0.4) is 0 Å². The van der Waals surface area contributed by atoms with Crippen LogP contribution in [0.4, 0.5) is 22.7 Å². The van der Waals surface area contributed by atoms with Gasteiger partial charge in [-0.1, -0.05) is 146 Å². The van der Waals surface area contributed by atoms with E-state index in [2.05, 4.69) is 184 Å². The molecule has 0 fully saturated rings. The minimum atomic E-state index is -0.219. The van der Waals surface area contributed by atoms with E-state index >= 15 is 0 Å². The van der Waals surface area contributed by atoms with Crippen LogP contribution in [0.1, 0.15) is 146 Å². The Morgan fingerprint density at radius 2 is 0.591 bits per heavy atom. The lowest BCUT2D eigenvalue weighted by Crippen LogP contribution is -2.24. The molecule has 0 unspecified atom stereocenters. The molecule has 0 saturated heterocycles. The Morgan fingerprint density at radius 1 is 0.348 bits per heavy atom. The van der Waals surface area contributed by atoms with Crippen molar-refractivity contribution >= 4 is 39.7 Å². The van der Waals surface area contributed by atoms with E-state index < -0.39 is 0 Å². The maximum Gasteiger partial charge on any atom is 0.163 e. The van der Waals surface area contributed by atoms with Gasteiger partial charge in [-0.05, 0) is 133 Å². The highest BCUT2D eigenvalue weighted by molar-refractivity contribution is 5.97. The van der Waals surface area contributed by atoms with Crippen molar-refractivity contribution < 1.29 is 4.79 Å². The lowest BCUT2D eigenvalue weighted by atomic mass is 9.87. The number of benzene rings is 5. The summed E-state index contributed by atoms with van der Waals surface area (Å²) in [4.78, 5) is 24.4. The maximum absolute atomic E-state index is 14.5. The molecule has 5 heteroatoms. The average Bonchev–Trinajstić information content (AvgIpc) is 3.35. The molecule has 0 aliphatic heterocycles. The summed E-state index contributed by atoms with van der Waals surface area (Å²) in [6, 6.07) is 46.5. The fourth-order valence-corrected chi connectivity index (χ4v) is 9.31. The molecule has 0 bridgehead atoms.